The Hall–Kier alpha value is -0.610. The molecule has 4 heteroatoms. The van der Waals surface area contributed by atoms with E-state index in [9.17, 15) is 4.79 Å². The van der Waals surface area contributed by atoms with Crippen LogP contribution in [-0.4, -0.2) is 50.2 Å². The van der Waals surface area contributed by atoms with E-state index in [2.05, 4.69) is 10.2 Å². The summed E-state index contributed by atoms with van der Waals surface area (Å²) in [7, 11) is 1.97. The second kappa shape index (κ2) is 9.34. The normalized spacial score (nSPS) is 20.1. The van der Waals surface area contributed by atoms with Crippen LogP contribution in [0.25, 0.3) is 0 Å². The smallest absolute Gasteiger partial charge is 0.222 e. The molecule has 0 radical (unpaired) electrons. The number of likely N-dealkylation sites (tertiary alicyclic amines) is 1. The van der Waals surface area contributed by atoms with Crippen molar-refractivity contribution in [2.75, 3.05) is 33.4 Å². The van der Waals surface area contributed by atoms with Crippen molar-refractivity contribution in [2.24, 2.45) is 0 Å². The first-order valence-electron chi connectivity index (χ1n) is 7.31. The first-order valence-corrected chi connectivity index (χ1v) is 7.31. The van der Waals surface area contributed by atoms with Crippen molar-refractivity contribution in [3.8, 4) is 0 Å². The molecular weight excluding hydrogens is 228 g/mol. The molecule has 1 amide bonds. The molecule has 0 saturated carbocycles. The third kappa shape index (κ3) is 5.36. The van der Waals surface area contributed by atoms with Gasteiger partial charge in [-0.1, -0.05) is 0 Å². The van der Waals surface area contributed by atoms with Gasteiger partial charge in [0.05, 0.1) is 0 Å². The van der Waals surface area contributed by atoms with Gasteiger partial charge in [0.2, 0.25) is 5.91 Å². The van der Waals surface area contributed by atoms with Crippen LogP contribution in [0.3, 0.4) is 0 Å². The molecule has 0 bridgehead atoms. The van der Waals surface area contributed by atoms with Gasteiger partial charge in [0, 0.05) is 32.2 Å². The van der Waals surface area contributed by atoms with E-state index < -0.39 is 0 Å². The molecule has 18 heavy (non-hydrogen) atoms. The van der Waals surface area contributed by atoms with E-state index >= 15 is 0 Å². The second-order valence-electron chi connectivity index (χ2n) is 4.93. The average molecular weight is 256 g/mol. The van der Waals surface area contributed by atoms with Crippen LogP contribution in [-0.2, 0) is 9.53 Å². The zero-order chi connectivity index (χ0) is 13.2. The zero-order valence-electron chi connectivity index (χ0n) is 11.9. The fourth-order valence-corrected chi connectivity index (χ4v) is 2.55. The number of carbonyl (C=O) groups is 1. The van der Waals surface area contributed by atoms with Crippen molar-refractivity contribution >= 4 is 5.91 Å². The lowest BCUT2D eigenvalue weighted by Gasteiger charge is -2.36. The maximum absolute atomic E-state index is 12.2. The summed E-state index contributed by atoms with van der Waals surface area (Å²) in [6.45, 7) is 5.37. The number of nitrogens with zero attached hydrogens (tertiary/aromatic N) is 1. The Bertz CT molecular complexity index is 234. The Labute approximate surface area is 111 Å². The Balaban J connectivity index is 2.32. The van der Waals surface area contributed by atoms with Crippen molar-refractivity contribution in [2.45, 2.75) is 51.5 Å². The van der Waals surface area contributed by atoms with E-state index in [1.54, 1.807) is 0 Å². The van der Waals surface area contributed by atoms with Crippen LogP contribution in [0.15, 0.2) is 0 Å². The number of carbonyl (C=O) groups excluding carboxylic acids is 1. The van der Waals surface area contributed by atoms with Crippen molar-refractivity contribution in [3.63, 3.8) is 0 Å². The molecule has 1 heterocycles. The predicted octanol–water partition coefficient (Wildman–Crippen LogP) is 1.79. The number of amides is 1. The monoisotopic (exact) mass is 256 g/mol. The first kappa shape index (κ1) is 15.4. The van der Waals surface area contributed by atoms with E-state index in [0.717, 1.165) is 39.0 Å². The number of rotatable bonds is 8. The number of hydrogen-bond acceptors (Lipinski definition) is 3. The minimum Gasteiger partial charge on any atom is -0.382 e. The Morgan fingerprint density at radius 1 is 1.44 bits per heavy atom. The van der Waals surface area contributed by atoms with Gasteiger partial charge in [-0.05, 0) is 52.6 Å². The molecule has 1 unspecified atom stereocenters. The molecule has 1 fully saturated rings. The summed E-state index contributed by atoms with van der Waals surface area (Å²) in [4.78, 5) is 14.3. The summed E-state index contributed by atoms with van der Waals surface area (Å²) in [6, 6.07) is 0.450. The minimum atomic E-state index is 0.315. The van der Waals surface area contributed by atoms with Gasteiger partial charge in [0.25, 0.3) is 0 Å². The molecule has 4 nitrogen and oxygen atoms in total. The molecular formula is C14H28N2O2. The molecule has 1 aliphatic heterocycles. The SMILES string of the molecule is CCOCCCC(=O)N1CCCCC1CCNC. The van der Waals surface area contributed by atoms with Gasteiger partial charge >= 0.3 is 0 Å². The highest BCUT2D eigenvalue weighted by molar-refractivity contribution is 5.76. The molecule has 1 atom stereocenters. The maximum Gasteiger partial charge on any atom is 0.222 e. The molecule has 0 aromatic rings. The quantitative estimate of drug-likeness (QED) is 0.673. The summed E-state index contributed by atoms with van der Waals surface area (Å²) in [5.41, 5.74) is 0. The summed E-state index contributed by atoms with van der Waals surface area (Å²) >= 11 is 0. The van der Waals surface area contributed by atoms with Crippen LogP contribution < -0.4 is 5.32 Å². The summed E-state index contributed by atoms with van der Waals surface area (Å²) in [5, 5.41) is 3.18. The average Bonchev–Trinajstić information content (AvgIpc) is 2.41. The lowest BCUT2D eigenvalue weighted by Crippen LogP contribution is -2.44. The highest BCUT2D eigenvalue weighted by Crippen LogP contribution is 2.20. The topological polar surface area (TPSA) is 41.6 Å². The van der Waals surface area contributed by atoms with Crippen molar-refractivity contribution < 1.29 is 9.53 Å². The van der Waals surface area contributed by atoms with Crippen LogP contribution in [0.1, 0.15) is 45.4 Å². The highest BCUT2D eigenvalue weighted by atomic mass is 16.5. The van der Waals surface area contributed by atoms with Gasteiger partial charge in [0.1, 0.15) is 0 Å². The minimum absolute atomic E-state index is 0.315. The van der Waals surface area contributed by atoms with Crippen molar-refractivity contribution in [3.05, 3.63) is 0 Å². The van der Waals surface area contributed by atoms with Gasteiger partial charge < -0.3 is 15.0 Å². The first-order chi connectivity index (χ1) is 8.79. The third-order valence-corrected chi connectivity index (χ3v) is 3.56. The lowest BCUT2D eigenvalue weighted by molar-refractivity contribution is -0.135. The maximum atomic E-state index is 12.2. The van der Waals surface area contributed by atoms with Gasteiger partial charge in [-0.3, -0.25) is 4.79 Å². The van der Waals surface area contributed by atoms with Crippen LogP contribution in [0, 0.1) is 0 Å². The Morgan fingerprint density at radius 3 is 3.00 bits per heavy atom. The second-order valence-corrected chi connectivity index (χ2v) is 4.93. The number of piperidine rings is 1. The van der Waals surface area contributed by atoms with E-state index in [1.165, 1.54) is 12.8 Å². The fraction of sp³-hybridized carbons (Fsp3) is 0.929. The lowest BCUT2D eigenvalue weighted by atomic mass is 9.98. The summed E-state index contributed by atoms with van der Waals surface area (Å²) in [5.74, 6) is 0.315. The van der Waals surface area contributed by atoms with E-state index in [-0.39, 0.29) is 0 Å². The van der Waals surface area contributed by atoms with Gasteiger partial charge in [-0.25, -0.2) is 0 Å². The predicted molar refractivity (Wildman–Crippen MR) is 73.6 cm³/mol. The highest BCUT2D eigenvalue weighted by Gasteiger charge is 2.25. The molecule has 1 rings (SSSR count). The zero-order valence-corrected chi connectivity index (χ0v) is 11.9. The molecule has 0 aromatic carbocycles. The van der Waals surface area contributed by atoms with Crippen LogP contribution in [0.4, 0.5) is 0 Å². The summed E-state index contributed by atoms with van der Waals surface area (Å²) in [6.07, 6.45) is 6.15. The number of hydrogen-bond donors (Lipinski definition) is 1. The Morgan fingerprint density at radius 2 is 2.28 bits per heavy atom. The molecule has 106 valence electrons. The summed E-state index contributed by atoms with van der Waals surface area (Å²) < 4.78 is 5.28. The van der Waals surface area contributed by atoms with E-state index in [4.69, 9.17) is 4.74 Å². The third-order valence-electron chi connectivity index (χ3n) is 3.56. The molecule has 1 aliphatic rings. The van der Waals surface area contributed by atoms with Crippen LogP contribution in [0.5, 0.6) is 0 Å². The van der Waals surface area contributed by atoms with E-state index in [0.29, 0.717) is 25.0 Å². The molecule has 1 N–H and O–H groups in total. The molecule has 0 spiro atoms. The van der Waals surface area contributed by atoms with Crippen LogP contribution in [0.2, 0.25) is 0 Å². The van der Waals surface area contributed by atoms with E-state index in [1.807, 2.05) is 14.0 Å². The van der Waals surface area contributed by atoms with Crippen LogP contribution >= 0.6 is 0 Å². The van der Waals surface area contributed by atoms with Crippen molar-refractivity contribution in [1.29, 1.82) is 0 Å². The Kier molecular flexibility index (Phi) is 8.01. The number of nitrogens with one attached hydrogen (secondary N) is 1. The van der Waals surface area contributed by atoms with Crippen molar-refractivity contribution in [1.82, 2.24) is 10.2 Å². The fourth-order valence-electron chi connectivity index (χ4n) is 2.55. The van der Waals surface area contributed by atoms with Gasteiger partial charge in [-0.15, -0.1) is 0 Å². The largest absolute Gasteiger partial charge is 0.382 e. The number of ether oxygens (including phenoxy) is 1. The molecule has 0 aromatic heterocycles. The standard InChI is InChI=1S/C14H28N2O2/c1-3-18-12-6-8-14(17)16-11-5-4-7-13(16)9-10-15-2/h13,15H,3-12H2,1-2H3. The van der Waals surface area contributed by atoms with Gasteiger partial charge in [-0.2, -0.15) is 0 Å². The van der Waals surface area contributed by atoms with Gasteiger partial charge in [0.15, 0.2) is 0 Å². The molecule has 1 saturated heterocycles. The molecule has 0 aliphatic carbocycles.